The number of aromatic nitrogens is 4. The highest BCUT2D eigenvalue weighted by Crippen LogP contribution is 2.27. The van der Waals surface area contributed by atoms with E-state index in [2.05, 4.69) is 16.0 Å². The van der Waals surface area contributed by atoms with Crippen LogP contribution >= 0.6 is 0 Å². The van der Waals surface area contributed by atoms with Crippen LogP contribution in [0.5, 0.6) is 0 Å². The lowest BCUT2D eigenvalue weighted by Gasteiger charge is -2.12. The second-order valence-corrected chi connectivity index (χ2v) is 6.73. The van der Waals surface area contributed by atoms with Gasteiger partial charge in [-0.2, -0.15) is 5.10 Å². The van der Waals surface area contributed by atoms with Crippen molar-refractivity contribution in [3.05, 3.63) is 72.8 Å². The van der Waals surface area contributed by atoms with Gasteiger partial charge in [0.15, 0.2) is 11.5 Å². The minimum absolute atomic E-state index is 0.370. The zero-order valence-electron chi connectivity index (χ0n) is 14.3. The Morgan fingerprint density at radius 2 is 2.00 bits per heavy atom. The predicted molar refractivity (Wildman–Crippen MR) is 97.6 cm³/mol. The fraction of sp³-hybridized carbons (Fsp3) is 0.250. The number of pyridine rings is 2. The molecule has 0 N–H and O–H groups in total. The smallest absolute Gasteiger partial charge is 0.156 e. The average Bonchev–Trinajstić information content (AvgIpc) is 3.42. The Kier molecular flexibility index (Phi) is 3.75. The lowest BCUT2D eigenvalue weighted by atomic mass is 10.1. The molecule has 0 bridgehead atoms. The molecule has 0 radical (unpaired) electrons. The Labute approximate surface area is 151 Å². The quantitative estimate of drug-likeness (QED) is 0.567. The second kappa shape index (κ2) is 6.38. The SMILES string of the molecule is c1coc(CN2CCC(c3nc4ccc(-c5ccncc5)cn4n3)C2)c1. The molecule has 6 heteroatoms. The molecule has 0 aliphatic carbocycles. The number of likely N-dealkylation sites (tertiary alicyclic amines) is 1. The number of hydrogen-bond donors (Lipinski definition) is 0. The van der Waals surface area contributed by atoms with Crippen LogP contribution in [0.3, 0.4) is 0 Å². The third-order valence-corrected chi connectivity index (χ3v) is 4.96. The molecule has 1 fully saturated rings. The van der Waals surface area contributed by atoms with Gasteiger partial charge in [-0.25, -0.2) is 9.50 Å². The van der Waals surface area contributed by atoms with E-state index in [0.717, 1.165) is 54.4 Å². The fourth-order valence-corrected chi connectivity index (χ4v) is 3.60. The van der Waals surface area contributed by atoms with Crippen molar-refractivity contribution in [1.29, 1.82) is 0 Å². The molecule has 1 atom stereocenters. The van der Waals surface area contributed by atoms with Crippen LogP contribution in [0.25, 0.3) is 16.8 Å². The van der Waals surface area contributed by atoms with Crippen LogP contribution in [-0.4, -0.2) is 37.6 Å². The lowest BCUT2D eigenvalue weighted by Crippen LogP contribution is -2.19. The molecule has 5 rings (SSSR count). The molecular formula is C20H19N5O. The van der Waals surface area contributed by atoms with Crippen LogP contribution in [-0.2, 0) is 6.54 Å². The van der Waals surface area contributed by atoms with E-state index in [0.29, 0.717) is 5.92 Å². The highest BCUT2D eigenvalue weighted by Gasteiger charge is 2.27. The van der Waals surface area contributed by atoms with Gasteiger partial charge in [0.1, 0.15) is 5.76 Å². The van der Waals surface area contributed by atoms with E-state index in [1.165, 1.54) is 0 Å². The van der Waals surface area contributed by atoms with Gasteiger partial charge in [0.05, 0.1) is 12.8 Å². The third-order valence-electron chi connectivity index (χ3n) is 4.96. The standard InChI is InChI=1S/C20H19N5O/c1-2-18(26-11-1)14-24-10-7-17(12-24)20-22-19-4-3-16(13-25(19)23-20)15-5-8-21-9-6-15/h1-6,8-9,11,13,17H,7,10,12,14H2. The summed E-state index contributed by atoms with van der Waals surface area (Å²) < 4.78 is 7.35. The highest BCUT2D eigenvalue weighted by molar-refractivity contribution is 5.63. The van der Waals surface area contributed by atoms with E-state index in [1.54, 1.807) is 18.7 Å². The van der Waals surface area contributed by atoms with Crippen LogP contribution in [0.1, 0.15) is 23.9 Å². The molecule has 26 heavy (non-hydrogen) atoms. The normalized spacial score (nSPS) is 17.9. The van der Waals surface area contributed by atoms with Crippen LogP contribution in [0.4, 0.5) is 0 Å². The lowest BCUT2D eigenvalue weighted by molar-refractivity contribution is 0.293. The van der Waals surface area contributed by atoms with Crippen molar-refractivity contribution in [3.63, 3.8) is 0 Å². The zero-order chi connectivity index (χ0) is 17.3. The number of hydrogen-bond acceptors (Lipinski definition) is 5. The van der Waals surface area contributed by atoms with E-state index >= 15 is 0 Å². The van der Waals surface area contributed by atoms with Crippen LogP contribution < -0.4 is 0 Å². The Morgan fingerprint density at radius 1 is 1.08 bits per heavy atom. The van der Waals surface area contributed by atoms with Crippen LogP contribution in [0.15, 0.2) is 65.7 Å². The summed E-state index contributed by atoms with van der Waals surface area (Å²) in [5.74, 6) is 2.31. The molecule has 1 saturated heterocycles. The summed E-state index contributed by atoms with van der Waals surface area (Å²) in [6.45, 7) is 2.86. The average molecular weight is 345 g/mol. The van der Waals surface area contributed by atoms with Gasteiger partial charge in [-0.15, -0.1) is 0 Å². The van der Waals surface area contributed by atoms with Gasteiger partial charge in [0.2, 0.25) is 0 Å². The predicted octanol–water partition coefficient (Wildman–Crippen LogP) is 3.37. The van der Waals surface area contributed by atoms with Crippen LogP contribution in [0.2, 0.25) is 0 Å². The first-order valence-corrected chi connectivity index (χ1v) is 8.86. The molecule has 0 aromatic carbocycles. The van der Waals surface area contributed by atoms with Gasteiger partial charge in [0.25, 0.3) is 0 Å². The van der Waals surface area contributed by atoms with Crippen molar-refractivity contribution >= 4 is 5.65 Å². The molecule has 1 unspecified atom stereocenters. The van der Waals surface area contributed by atoms with Crippen molar-refractivity contribution in [2.75, 3.05) is 13.1 Å². The van der Waals surface area contributed by atoms with E-state index in [9.17, 15) is 0 Å². The number of nitrogens with zero attached hydrogens (tertiary/aromatic N) is 5. The third kappa shape index (κ3) is 2.88. The zero-order valence-corrected chi connectivity index (χ0v) is 14.3. The molecule has 4 aromatic heterocycles. The monoisotopic (exact) mass is 345 g/mol. The molecule has 6 nitrogen and oxygen atoms in total. The van der Waals surface area contributed by atoms with Gasteiger partial charge >= 0.3 is 0 Å². The summed E-state index contributed by atoms with van der Waals surface area (Å²) in [6.07, 6.45) is 8.45. The molecule has 4 aromatic rings. The van der Waals surface area contributed by atoms with E-state index < -0.39 is 0 Å². The maximum atomic E-state index is 5.46. The molecule has 1 aliphatic rings. The van der Waals surface area contributed by atoms with Gasteiger partial charge < -0.3 is 4.42 Å². The summed E-state index contributed by atoms with van der Waals surface area (Å²) in [5.41, 5.74) is 3.13. The van der Waals surface area contributed by atoms with Crippen molar-refractivity contribution < 1.29 is 4.42 Å². The summed E-state index contributed by atoms with van der Waals surface area (Å²) in [6, 6.07) is 12.1. The van der Waals surface area contributed by atoms with Crippen molar-refractivity contribution in [1.82, 2.24) is 24.5 Å². The van der Waals surface area contributed by atoms with Crippen LogP contribution in [0, 0.1) is 0 Å². The molecule has 1 aliphatic heterocycles. The van der Waals surface area contributed by atoms with E-state index in [1.807, 2.05) is 41.0 Å². The summed E-state index contributed by atoms with van der Waals surface area (Å²) in [4.78, 5) is 11.2. The van der Waals surface area contributed by atoms with E-state index in [-0.39, 0.29) is 0 Å². The number of fused-ring (bicyclic) bond motifs is 1. The first-order valence-electron chi connectivity index (χ1n) is 8.86. The summed E-state index contributed by atoms with van der Waals surface area (Å²) in [5, 5.41) is 4.75. The largest absolute Gasteiger partial charge is 0.468 e. The number of furan rings is 1. The molecule has 5 heterocycles. The molecule has 0 saturated carbocycles. The maximum absolute atomic E-state index is 5.46. The molecular weight excluding hydrogens is 326 g/mol. The van der Waals surface area contributed by atoms with Crippen molar-refractivity contribution in [3.8, 4) is 11.1 Å². The minimum atomic E-state index is 0.370. The Morgan fingerprint density at radius 3 is 2.85 bits per heavy atom. The minimum Gasteiger partial charge on any atom is -0.468 e. The topological polar surface area (TPSA) is 59.5 Å². The first-order chi connectivity index (χ1) is 12.8. The Balaban J connectivity index is 1.36. The van der Waals surface area contributed by atoms with Gasteiger partial charge in [-0.1, -0.05) is 0 Å². The summed E-state index contributed by atoms with van der Waals surface area (Å²) in [7, 11) is 0. The second-order valence-electron chi connectivity index (χ2n) is 6.73. The Bertz CT molecular complexity index is 1010. The van der Waals surface area contributed by atoms with Crippen molar-refractivity contribution in [2.24, 2.45) is 0 Å². The maximum Gasteiger partial charge on any atom is 0.156 e. The molecule has 130 valence electrons. The molecule has 0 spiro atoms. The fourth-order valence-electron chi connectivity index (χ4n) is 3.60. The first kappa shape index (κ1) is 15.3. The van der Waals surface area contributed by atoms with Gasteiger partial charge in [0, 0.05) is 36.6 Å². The van der Waals surface area contributed by atoms with Crippen molar-refractivity contribution in [2.45, 2.75) is 18.9 Å². The highest BCUT2D eigenvalue weighted by atomic mass is 16.3. The van der Waals surface area contributed by atoms with Gasteiger partial charge in [-0.3, -0.25) is 9.88 Å². The number of rotatable bonds is 4. The summed E-state index contributed by atoms with van der Waals surface area (Å²) >= 11 is 0. The molecule has 0 amide bonds. The van der Waals surface area contributed by atoms with E-state index in [4.69, 9.17) is 14.5 Å². The van der Waals surface area contributed by atoms with Gasteiger partial charge in [-0.05, 0) is 54.9 Å². The Hall–Kier alpha value is -2.99.